The lowest BCUT2D eigenvalue weighted by Crippen LogP contribution is -2.32. The number of rotatable bonds is 7. The van der Waals surface area contributed by atoms with E-state index in [4.69, 9.17) is 4.74 Å². The van der Waals surface area contributed by atoms with Crippen LogP contribution in [0.15, 0.2) is 71.1 Å². The van der Waals surface area contributed by atoms with Crippen molar-refractivity contribution in [2.24, 2.45) is 0 Å². The van der Waals surface area contributed by atoms with Crippen LogP contribution in [0, 0.1) is 6.92 Å². The van der Waals surface area contributed by atoms with E-state index >= 15 is 0 Å². The molecular weight excluding hydrogens is 344 g/mol. The third-order valence-electron chi connectivity index (χ3n) is 4.11. The van der Waals surface area contributed by atoms with Gasteiger partial charge in [-0.15, -0.1) is 0 Å². The molecule has 0 saturated heterocycles. The first kappa shape index (κ1) is 20.1. The molecule has 138 valence electrons. The number of allylic oxidation sites excluding steroid dienone is 2. The first-order valence-corrected chi connectivity index (χ1v) is 9.96. The number of hydrogen-bond acceptors (Lipinski definition) is 3. The topological polar surface area (TPSA) is 43.4 Å². The van der Waals surface area contributed by atoms with Crippen molar-refractivity contribution in [2.75, 3.05) is 0 Å². The van der Waals surface area contributed by atoms with Gasteiger partial charge in [-0.2, -0.15) is 0 Å². The van der Waals surface area contributed by atoms with Crippen molar-refractivity contribution in [3.05, 3.63) is 77.4 Å². The van der Waals surface area contributed by atoms with Crippen LogP contribution in [0.5, 0.6) is 0 Å². The lowest BCUT2D eigenvalue weighted by molar-refractivity contribution is 0.0336. The Morgan fingerprint density at radius 3 is 2.27 bits per heavy atom. The van der Waals surface area contributed by atoms with E-state index in [-0.39, 0.29) is 11.2 Å². The summed E-state index contributed by atoms with van der Waals surface area (Å²) in [5.41, 5.74) is 2.77. The van der Waals surface area contributed by atoms with Gasteiger partial charge in [-0.05, 0) is 58.4 Å². The van der Waals surface area contributed by atoms with Gasteiger partial charge in [0, 0.05) is 4.90 Å². The molecule has 4 heteroatoms. The van der Waals surface area contributed by atoms with Crippen LogP contribution in [0.25, 0.3) is 0 Å². The van der Waals surface area contributed by atoms with Gasteiger partial charge in [-0.25, -0.2) is 4.79 Å². The zero-order chi connectivity index (χ0) is 19.1. The highest BCUT2D eigenvalue weighted by molar-refractivity contribution is 7.85. The van der Waals surface area contributed by atoms with Gasteiger partial charge >= 0.3 is 5.97 Å². The van der Waals surface area contributed by atoms with Gasteiger partial charge in [-0.1, -0.05) is 47.5 Å². The third-order valence-corrected chi connectivity index (χ3v) is 5.98. The maximum atomic E-state index is 13.1. The Hall–Kier alpha value is -2.20. The fourth-order valence-corrected chi connectivity index (χ4v) is 3.97. The van der Waals surface area contributed by atoms with Gasteiger partial charge in [0.15, 0.2) is 0 Å². The molecule has 0 spiro atoms. The minimum atomic E-state index is -1.27. The van der Waals surface area contributed by atoms with Crippen molar-refractivity contribution in [2.45, 2.75) is 50.4 Å². The second-order valence-corrected chi connectivity index (χ2v) is 8.31. The Morgan fingerprint density at radius 1 is 1.08 bits per heavy atom. The summed E-state index contributed by atoms with van der Waals surface area (Å²) < 4.78 is 18.8. The maximum Gasteiger partial charge on any atom is 0.338 e. The van der Waals surface area contributed by atoms with Crippen LogP contribution in [0.1, 0.15) is 43.1 Å². The van der Waals surface area contributed by atoms with E-state index in [9.17, 15) is 9.00 Å². The van der Waals surface area contributed by atoms with E-state index in [0.29, 0.717) is 12.0 Å². The molecule has 2 aromatic rings. The van der Waals surface area contributed by atoms with E-state index in [2.05, 4.69) is 0 Å². The standard InChI is InChI=1S/C22H26O3S/c1-16(2)10-15-21(26(24)20-13-11-17(3)12-14-20)18(4)25-22(23)19-8-6-5-7-9-19/h5-14,18,21H,15H2,1-4H3/t18-,21-,26-/m0/s1. The first-order chi connectivity index (χ1) is 12.4. The summed E-state index contributed by atoms with van der Waals surface area (Å²) in [5.74, 6) is -0.388. The number of ether oxygens (including phenoxy) is 1. The summed E-state index contributed by atoms with van der Waals surface area (Å²) in [6.07, 6.45) is 2.16. The Labute approximate surface area is 158 Å². The predicted molar refractivity (Wildman–Crippen MR) is 107 cm³/mol. The van der Waals surface area contributed by atoms with Crippen molar-refractivity contribution >= 4 is 16.8 Å². The van der Waals surface area contributed by atoms with E-state index in [1.165, 1.54) is 0 Å². The van der Waals surface area contributed by atoms with Gasteiger partial charge in [0.25, 0.3) is 0 Å². The van der Waals surface area contributed by atoms with Crippen molar-refractivity contribution < 1.29 is 13.7 Å². The molecule has 3 nitrogen and oxygen atoms in total. The minimum Gasteiger partial charge on any atom is -0.458 e. The second kappa shape index (κ2) is 9.48. The molecule has 0 radical (unpaired) electrons. The van der Waals surface area contributed by atoms with Gasteiger partial charge in [-0.3, -0.25) is 4.21 Å². The highest BCUT2D eigenvalue weighted by Gasteiger charge is 2.27. The summed E-state index contributed by atoms with van der Waals surface area (Å²) in [7, 11) is -1.27. The van der Waals surface area contributed by atoms with E-state index in [1.54, 1.807) is 24.3 Å². The van der Waals surface area contributed by atoms with Crippen LogP contribution in [-0.2, 0) is 15.5 Å². The predicted octanol–water partition coefficient (Wildman–Crippen LogP) is 5.07. The fraction of sp³-hybridized carbons (Fsp3) is 0.318. The molecule has 3 atom stereocenters. The van der Waals surface area contributed by atoms with Gasteiger partial charge < -0.3 is 4.74 Å². The zero-order valence-electron chi connectivity index (χ0n) is 15.8. The number of benzene rings is 2. The summed E-state index contributed by atoms with van der Waals surface area (Å²) in [6, 6.07) is 16.5. The molecule has 0 aliphatic rings. The highest BCUT2D eigenvalue weighted by atomic mass is 32.2. The maximum absolute atomic E-state index is 13.1. The molecule has 0 fully saturated rings. The summed E-state index contributed by atoms with van der Waals surface area (Å²) >= 11 is 0. The zero-order valence-corrected chi connectivity index (χ0v) is 16.6. The van der Waals surface area contributed by atoms with Crippen LogP contribution < -0.4 is 0 Å². The monoisotopic (exact) mass is 370 g/mol. The number of carbonyl (C=O) groups is 1. The van der Waals surface area contributed by atoms with Crippen LogP contribution in [-0.4, -0.2) is 21.5 Å². The Morgan fingerprint density at radius 2 is 1.69 bits per heavy atom. The number of esters is 1. The molecule has 0 amide bonds. The quantitative estimate of drug-likeness (QED) is 0.505. The number of aryl methyl sites for hydroxylation is 1. The smallest absolute Gasteiger partial charge is 0.338 e. The number of hydrogen-bond donors (Lipinski definition) is 0. The molecule has 26 heavy (non-hydrogen) atoms. The summed E-state index contributed by atoms with van der Waals surface area (Å²) in [4.78, 5) is 13.1. The molecule has 0 aliphatic carbocycles. The van der Waals surface area contributed by atoms with Crippen LogP contribution in [0.4, 0.5) is 0 Å². The second-order valence-electron chi connectivity index (χ2n) is 6.64. The molecule has 2 aromatic carbocycles. The lowest BCUT2D eigenvalue weighted by Gasteiger charge is -2.23. The van der Waals surface area contributed by atoms with Crippen molar-refractivity contribution in [3.63, 3.8) is 0 Å². The largest absolute Gasteiger partial charge is 0.458 e. The molecule has 0 aromatic heterocycles. The minimum absolute atomic E-state index is 0.305. The van der Waals surface area contributed by atoms with Gasteiger partial charge in [0.2, 0.25) is 0 Å². The number of carbonyl (C=O) groups excluding carboxylic acids is 1. The Balaban J connectivity index is 2.19. The molecule has 0 unspecified atom stereocenters. The highest BCUT2D eigenvalue weighted by Crippen LogP contribution is 2.21. The molecule has 0 bridgehead atoms. The molecule has 0 N–H and O–H groups in total. The van der Waals surface area contributed by atoms with Crippen LogP contribution >= 0.6 is 0 Å². The first-order valence-electron chi connectivity index (χ1n) is 8.75. The summed E-state index contributed by atoms with van der Waals surface area (Å²) in [5, 5.41) is -0.305. The van der Waals surface area contributed by atoms with Crippen LogP contribution in [0.3, 0.4) is 0 Å². The lowest BCUT2D eigenvalue weighted by atomic mass is 10.1. The van der Waals surface area contributed by atoms with E-state index < -0.39 is 16.9 Å². The molecule has 0 aliphatic heterocycles. The van der Waals surface area contributed by atoms with Crippen molar-refractivity contribution in [3.8, 4) is 0 Å². The molecule has 0 saturated carbocycles. The fourth-order valence-electron chi connectivity index (χ4n) is 2.54. The Bertz CT molecular complexity index is 775. The van der Waals surface area contributed by atoms with Gasteiger partial charge in [0.1, 0.15) is 6.10 Å². The normalized spacial score (nSPS) is 14.2. The SMILES string of the molecule is CC(C)=CC[C@@H]([C@H](C)OC(=O)c1ccccc1)[S@@](=O)c1ccc(C)cc1. The average Bonchev–Trinajstić information content (AvgIpc) is 2.62. The van der Waals surface area contributed by atoms with Gasteiger partial charge in [0.05, 0.1) is 21.6 Å². The summed E-state index contributed by atoms with van der Waals surface area (Å²) in [6.45, 7) is 7.83. The van der Waals surface area contributed by atoms with Crippen molar-refractivity contribution in [1.29, 1.82) is 0 Å². The molecule has 0 heterocycles. The average molecular weight is 371 g/mol. The van der Waals surface area contributed by atoms with Crippen molar-refractivity contribution in [1.82, 2.24) is 0 Å². The van der Waals surface area contributed by atoms with E-state index in [1.807, 2.05) is 64.1 Å². The molecular formula is C22H26O3S. The molecule has 2 rings (SSSR count). The Kier molecular flexibility index (Phi) is 7.34. The van der Waals surface area contributed by atoms with E-state index in [0.717, 1.165) is 16.0 Å². The van der Waals surface area contributed by atoms with Crippen LogP contribution in [0.2, 0.25) is 0 Å². The third kappa shape index (κ3) is 5.67.